The second kappa shape index (κ2) is 5.45. The van der Waals surface area contributed by atoms with Crippen LogP contribution in [0.1, 0.15) is 6.42 Å². The maximum atomic E-state index is 9.04. The van der Waals surface area contributed by atoms with Crippen molar-refractivity contribution >= 4 is 0 Å². The van der Waals surface area contributed by atoms with Crippen LogP contribution in [-0.4, -0.2) is 52.5 Å². The molecule has 0 aliphatic rings. The molecule has 68 valence electrons. The molecule has 0 aliphatic heterocycles. The number of hydrogen-bond acceptors (Lipinski definition) is 5. The minimum atomic E-state index is -1.26. The molecule has 0 saturated heterocycles. The summed E-state index contributed by atoms with van der Waals surface area (Å²) in [6.07, 6.45) is -3.45. The molecular weight excluding hydrogens is 150 g/mol. The van der Waals surface area contributed by atoms with Gasteiger partial charge in [0, 0.05) is 6.61 Å². The number of likely N-dealkylation sites (N-methyl/N-ethyl adjacent to an activating group) is 1. The molecule has 0 radical (unpaired) electrons. The first kappa shape index (κ1) is 10.8. The Bertz CT molecular complexity index is 101. The van der Waals surface area contributed by atoms with Gasteiger partial charge in [-0.25, -0.2) is 0 Å². The average Bonchev–Trinajstić information content (AvgIpc) is 2.02. The van der Waals surface area contributed by atoms with E-state index in [1.165, 1.54) is 7.05 Å². The predicted molar refractivity (Wildman–Crippen MR) is 38.8 cm³/mol. The average molecular weight is 165 g/mol. The van der Waals surface area contributed by atoms with Gasteiger partial charge in [0.05, 0.1) is 6.10 Å². The Hall–Kier alpha value is -0.200. The van der Waals surface area contributed by atoms with Crippen molar-refractivity contribution in [2.45, 2.75) is 24.9 Å². The molecule has 5 N–H and O–H groups in total. The van der Waals surface area contributed by atoms with Crippen molar-refractivity contribution in [2.75, 3.05) is 13.7 Å². The van der Waals surface area contributed by atoms with E-state index in [1.807, 2.05) is 0 Å². The van der Waals surface area contributed by atoms with Crippen LogP contribution < -0.4 is 5.32 Å². The molecule has 0 aromatic carbocycles. The Morgan fingerprint density at radius 3 is 2.18 bits per heavy atom. The van der Waals surface area contributed by atoms with Crippen molar-refractivity contribution < 1.29 is 20.4 Å². The Morgan fingerprint density at radius 1 is 1.27 bits per heavy atom. The zero-order valence-corrected chi connectivity index (χ0v) is 6.44. The molecule has 0 heterocycles. The number of hydrogen-bond donors (Lipinski definition) is 5. The predicted octanol–water partition coefficient (Wildman–Crippen LogP) is -2.37. The summed E-state index contributed by atoms with van der Waals surface area (Å²) >= 11 is 0. The van der Waals surface area contributed by atoms with Gasteiger partial charge >= 0.3 is 0 Å². The molecule has 0 aromatic heterocycles. The van der Waals surface area contributed by atoms with Crippen molar-refractivity contribution in [1.29, 1.82) is 0 Å². The van der Waals surface area contributed by atoms with E-state index in [1.54, 1.807) is 0 Å². The van der Waals surface area contributed by atoms with Gasteiger partial charge in [0.1, 0.15) is 12.3 Å². The number of rotatable bonds is 5. The molecule has 3 unspecified atom stereocenters. The van der Waals surface area contributed by atoms with Crippen LogP contribution in [0.15, 0.2) is 0 Å². The number of nitrogens with one attached hydrogen (secondary N) is 1. The topological polar surface area (TPSA) is 93.0 Å². The zero-order valence-electron chi connectivity index (χ0n) is 6.44. The lowest BCUT2D eigenvalue weighted by molar-refractivity contribution is -0.0747. The third kappa shape index (κ3) is 3.64. The van der Waals surface area contributed by atoms with Crippen molar-refractivity contribution in [3.63, 3.8) is 0 Å². The van der Waals surface area contributed by atoms with E-state index in [2.05, 4.69) is 5.32 Å². The van der Waals surface area contributed by atoms with Gasteiger partial charge < -0.3 is 20.4 Å². The van der Waals surface area contributed by atoms with Crippen LogP contribution in [0.5, 0.6) is 0 Å². The summed E-state index contributed by atoms with van der Waals surface area (Å²) < 4.78 is 0. The van der Waals surface area contributed by atoms with Gasteiger partial charge in [-0.2, -0.15) is 0 Å². The largest absolute Gasteiger partial charge is 0.396 e. The lowest BCUT2D eigenvalue weighted by atomic mass is 10.1. The highest BCUT2D eigenvalue weighted by Crippen LogP contribution is 2.00. The minimum absolute atomic E-state index is 0.0555. The van der Waals surface area contributed by atoms with E-state index in [9.17, 15) is 0 Å². The summed E-state index contributed by atoms with van der Waals surface area (Å²) in [5.74, 6) is 0. The highest BCUT2D eigenvalue weighted by atomic mass is 16.4. The second-order valence-electron chi connectivity index (χ2n) is 2.30. The molecule has 5 heteroatoms. The van der Waals surface area contributed by atoms with E-state index in [-0.39, 0.29) is 13.0 Å². The molecule has 0 aliphatic carbocycles. The third-order valence-corrected chi connectivity index (χ3v) is 1.44. The number of aliphatic hydroxyl groups excluding tert-OH is 4. The zero-order chi connectivity index (χ0) is 8.85. The first-order chi connectivity index (χ1) is 5.13. The fourth-order valence-electron chi connectivity index (χ4n) is 0.684. The lowest BCUT2D eigenvalue weighted by Crippen LogP contribution is -2.44. The molecule has 3 atom stereocenters. The Labute approximate surface area is 65.3 Å². The van der Waals surface area contributed by atoms with Crippen LogP contribution in [0, 0.1) is 0 Å². The van der Waals surface area contributed by atoms with E-state index >= 15 is 0 Å². The van der Waals surface area contributed by atoms with E-state index in [0.717, 1.165) is 0 Å². The van der Waals surface area contributed by atoms with Crippen molar-refractivity contribution in [2.24, 2.45) is 0 Å². The summed E-state index contributed by atoms with van der Waals surface area (Å²) in [4.78, 5) is 0. The molecule has 0 fully saturated rings. The molecule has 11 heavy (non-hydrogen) atoms. The fraction of sp³-hybridized carbons (Fsp3) is 1.00. The minimum Gasteiger partial charge on any atom is -0.396 e. The summed E-state index contributed by atoms with van der Waals surface area (Å²) in [6.45, 7) is -0.214. The van der Waals surface area contributed by atoms with Gasteiger partial charge in [0.15, 0.2) is 0 Å². The monoisotopic (exact) mass is 165 g/mol. The lowest BCUT2D eigenvalue weighted by Gasteiger charge is -2.21. The molecule has 5 nitrogen and oxygen atoms in total. The van der Waals surface area contributed by atoms with E-state index in [4.69, 9.17) is 20.4 Å². The first-order valence-electron chi connectivity index (χ1n) is 3.45. The van der Waals surface area contributed by atoms with E-state index in [0.29, 0.717) is 0 Å². The van der Waals surface area contributed by atoms with Crippen LogP contribution in [0.25, 0.3) is 0 Å². The molecule has 0 bridgehead atoms. The highest BCUT2D eigenvalue weighted by molar-refractivity contribution is 4.71. The fourth-order valence-corrected chi connectivity index (χ4v) is 0.684. The SMILES string of the molecule is CNC(O)C(O)C(O)CCO. The van der Waals surface area contributed by atoms with Crippen LogP contribution >= 0.6 is 0 Å². The Balaban J connectivity index is 3.70. The Kier molecular flexibility index (Phi) is 5.35. The van der Waals surface area contributed by atoms with Crippen molar-refractivity contribution in [3.05, 3.63) is 0 Å². The van der Waals surface area contributed by atoms with Gasteiger partial charge in [-0.05, 0) is 13.5 Å². The first-order valence-corrected chi connectivity index (χ1v) is 3.45. The molecule has 0 saturated carbocycles. The van der Waals surface area contributed by atoms with E-state index < -0.39 is 18.4 Å². The van der Waals surface area contributed by atoms with Gasteiger partial charge in [-0.3, -0.25) is 5.32 Å². The maximum Gasteiger partial charge on any atom is 0.133 e. The van der Waals surface area contributed by atoms with Crippen LogP contribution in [0.3, 0.4) is 0 Å². The van der Waals surface area contributed by atoms with Gasteiger partial charge in [0.2, 0.25) is 0 Å². The van der Waals surface area contributed by atoms with Gasteiger partial charge in [-0.15, -0.1) is 0 Å². The quantitative estimate of drug-likeness (QED) is 0.294. The van der Waals surface area contributed by atoms with Crippen LogP contribution in [-0.2, 0) is 0 Å². The van der Waals surface area contributed by atoms with Crippen LogP contribution in [0.4, 0.5) is 0 Å². The van der Waals surface area contributed by atoms with Gasteiger partial charge in [0.25, 0.3) is 0 Å². The molecule has 0 amide bonds. The molecule has 0 spiro atoms. The second-order valence-corrected chi connectivity index (χ2v) is 2.30. The summed E-state index contributed by atoms with van der Waals surface area (Å²) in [6, 6.07) is 0. The van der Waals surface area contributed by atoms with Crippen LogP contribution in [0.2, 0.25) is 0 Å². The molecule has 0 aromatic rings. The molecular formula is C6H15NO4. The normalized spacial score (nSPS) is 19.4. The Morgan fingerprint density at radius 2 is 1.82 bits per heavy atom. The molecule has 0 rings (SSSR count). The van der Waals surface area contributed by atoms with Crippen molar-refractivity contribution in [3.8, 4) is 0 Å². The van der Waals surface area contributed by atoms with Gasteiger partial charge in [-0.1, -0.05) is 0 Å². The summed E-state index contributed by atoms with van der Waals surface area (Å²) in [5.41, 5.74) is 0. The summed E-state index contributed by atoms with van der Waals surface area (Å²) in [7, 11) is 1.46. The standard InChI is InChI=1S/C6H15NO4/c1-7-6(11)5(10)4(9)2-3-8/h4-11H,2-3H2,1H3. The summed E-state index contributed by atoms with van der Waals surface area (Å²) in [5, 5.41) is 37.7. The smallest absolute Gasteiger partial charge is 0.133 e. The third-order valence-electron chi connectivity index (χ3n) is 1.44. The highest BCUT2D eigenvalue weighted by Gasteiger charge is 2.22. The van der Waals surface area contributed by atoms with Crippen molar-refractivity contribution in [1.82, 2.24) is 5.32 Å². The number of aliphatic hydroxyl groups is 4. The maximum absolute atomic E-state index is 9.04.